The van der Waals surface area contributed by atoms with Crippen molar-refractivity contribution < 1.29 is 37.1 Å². The van der Waals surface area contributed by atoms with Gasteiger partial charge in [-0.2, -0.15) is 0 Å². The van der Waals surface area contributed by atoms with Crippen molar-refractivity contribution in [3.05, 3.63) is 66.7 Å². The van der Waals surface area contributed by atoms with Crippen molar-refractivity contribution in [1.82, 2.24) is 24.8 Å². The Labute approximate surface area is 358 Å². The molecule has 0 spiro atoms. The molecule has 0 radical (unpaired) electrons. The molecule has 3 aliphatic heterocycles. The summed E-state index contributed by atoms with van der Waals surface area (Å²) < 4.78 is 40.5. The number of amides is 4. The maximum Gasteiger partial charge on any atom is 0.259 e. The fourth-order valence-electron chi connectivity index (χ4n) is 9.25. The summed E-state index contributed by atoms with van der Waals surface area (Å²) in [5.41, 5.74) is 6.67. The molecule has 4 heterocycles. The Bertz CT molecular complexity index is 2310. The Morgan fingerprint density at radius 2 is 1.80 bits per heavy atom. The summed E-state index contributed by atoms with van der Waals surface area (Å²) in [4.78, 5) is 65.8. The highest BCUT2D eigenvalue weighted by Crippen LogP contribution is 2.46. The summed E-state index contributed by atoms with van der Waals surface area (Å²) in [6.45, 7) is 5.09. The molecule has 2 saturated heterocycles. The number of sulfonamides is 1. The lowest BCUT2D eigenvalue weighted by Crippen LogP contribution is -2.57. The molecule has 3 aromatic rings. The van der Waals surface area contributed by atoms with Crippen LogP contribution in [-0.2, 0) is 29.2 Å². The molecule has 8 rings (SSSR count). The van der Waals surface area contributed by atoms with Gasteiger partial charge < -0.3 is 30.3 Å². The van der Waals surface area contributed by atoms with Gasteiger partial charge in [0.2, 0.25) is 27.7 Å². The number of ether oxygens (including phenoxy) is 2. The number of aromatic nitrogens is 1. The molecule has 1 aromatic heterocycles. The van der Waals surface area contributed by atoms with Gasteiger partial charge in [-0.05, 0) is 76.8 Å². The van der Waals surface area contributed by atoms with Gasteiger partial charge in [-0.3, -0.25) is 23.9 Å². The van der Waals surface area contributed by atoms with Crippen LogP contribution in [-0.4, -0.2) is 102 Å². The fourth-order valence-corrected chi connectivity index (χ4v) is 10.6. The normalized spacial score (nSPS) is 27.4. The van der Waals surface area contributed by atoms with E-state index in [0.29, 0.717) is 66.9 Å². The van der Waals surface area contributed by atoms with Crippen molar-refractivity contribution in [1.29, 1.82) is 0 Å². The number of likely N-dealkylation sites (tertiary alicyclic amines) is 1. The molecule has 326 valence electrons. The molecule has 5 aliphatic rings. The van der Waals surface area contributed by atoms with E-state index in [1.807, 2.05) is 85.5 Å². The van der Waals surface area contributed by atoms with Crippen LogP contribution < -0.4 is 25.2 Å². The van der Waals surface area contributed by atoms with Crippen LogP contribution in [0.25, 0.3) is 22.2 Å². The zero-order valence-electron chi connectivity index (χ0n) is 35.3. The Morgan fingerprint density at radius 3 is 2.52 bits per heavy atom. The summed E-state index contributed by atoms with van der Waals surface area (Å²) in [6.07, 6.45) is 8.84. The predicted molar refractivity (Wildman–Crippen MR) is 231 cm³/mol. The van der Waals surface area contributed by atoms with Crippen LogP contribution in [0.15, 0.2) is 66.7 Å². The van der Waals surface area contributed by atoms with Crippen LogP contribution in [0.4, 0.5) is 0 Å². The van der Waals surface area contributed by atoms with Crippen molar-refractivity contribution in [2.24, 2.45) is 23.5 Å². The first-order valence-corrected chi connectivity index (χ1v) is 23.3. The average Bonchev–Trinajstić information content (AvgIpc) is 4.11. The monoisotopic (exact) mass is 854 g/mol. The van der Waals surface area contributed by atoms with E-state index in [1.165, 1.54) is 4.90 Å². The lowest BCUT2D eigenvalue weighted by molar-refractivity contribution is -0.145. The van der Waals surface area contributed by atoms with Gasteiger partial charge in [0, 0.05) is 66.4 Å². The third-order valence-corrected chi connectivity index (χ3v) is 15.1. The molecule has 0 bridgehead atoms. The highest BCUT2D eigenvalue weighted by atomic mass is 32.2. The minimum atomic E-state index is -3.90. The first-order valence-electron chi connectivity index (χ1n) is 21.8. The first kappa shape index (κ1) is 42.7. The van der Waals surface area contributed by atoms with E-state index in [0.717, 1.165) is 31.2 Å². The fraction of sp³-hybridized carbons (Fsp3) is 0.543. The molecular weight excluding hydrogens is 797 g/mol. The number of carbonyl (C=O) groups is 4. The number of hydrogen-bond donors (Lipinski definition) is 3. The van der Waals surface area contributed by atoms with Crippen molar-refractivity contribution in [3.8, 4) is 22.8 Å². The number of allylic oxidation sites excluding steroid dienone is 1. The number of nitrogens with two attached hydrogens (primary N) is 1. The SMILES string of the molecule is COc1ccc2c(O[C@@H]3C[C@H]4C(=O)N[C@]5(C(=O)NS(=O)(=O)C6CC6)CC5C=CCCCCC[C@H](CC(=O)N5CC[C@H](C(C)(C)N)C5)C(=O)N4C3)cc(-c3ccccc3)nc2c1. The Kier molecular flexibility index (Phi) is 11.9. The molecule has 14 nitrogen and oxygen atoms in total. The van der Waals surface area contributed by atoms with Crippen LogP contribution in [0.5, 0.6) is 11.5 Å². The second-order valence-electron chi connectivity index (χ2n) is 18.3. The van der Waals surface area contributed by atoms with E-state index in [9.17, 15) is 27.6 Å². The smallest absolute Gasteiger partial charge is 0.259 e. The second kappa shape index (κ2) is 17.0. The summed E-state index contributed by atoms with van der Waals surface area (Å²) in [6, 6.07) is 16.0. The number of carbonyl (C=O) groups excluding carboxylic acids is 4. The van der Waals surface area contributed by atoms with E-state index in [2.05, 4.69) is 10.0 Å². The lowest BCUT2D eigenvalue weighted by atomic mass is 9.88. The van der Waals surface area contributed by atoms with Crippen LogP contribution in [0.1, 0.15) is 84.5 Å². The maximum atomic E-state index is 15.0. The highest BCUT2D eigenvalue weighted by molar-refractivity contribution is 7.91. The van der Waals surface area contributed by atoms with Gasteiger partial charge in [0.05, 0.1) is 30.1 Å². The molecule has 4 N–H and O–H groups in total. The Balaban J connectivity index is 1.12. The summed E-state index contributed by atoms with van der Waals surface area (Å²) in [7, 11) is -2.31. The van der Waals surface area contributed by atoms with E-state index in [4.69, 9.17) is 20.2 Å². The Morgan fingerprint density at radius 1 is 1.02 bits per heavy atom. The number of hydrogen-bond acceptors (Lipinski definition) is 10. The number of rotatable bonds is 10. The van der Waals surface area contributed by atoms with Crippen molar-refractivity contribution >= 4 is 44.6 Å². The lowest BCUT2D eigenvalue weighted by Gasteiger charge is -2.30. The number of benzene rings is 2. The topological polar surface area (TPSA) is 190 Å². The zero-order chi connectivity index (χ0) is 43.1. The van der Waals surface area contributed by atoms with Gasteiger partial charge in [-0.1, -0.05) is 55.3 Å². The minimum Gasteiger partial charge on any atom is -0.497 e. The highest BCUT2D eigenvalue weighted by Gasteiger charge is 2.62. The number of pyridine rings is 1. The van der Waals surface area contributed by atoms with E-state index in [-0.39, 0.29) is 43.5 Å². The zero-order valence-corrected chi connectivity index (χ0v) is 36.1. The quantitative estimate of drug-likeness (QED) is 0.238. The van der Waals surface area contributed by atoms with Gasteiger partial charge >= 0.3 is 0 Å². The van der Waals surface area contributed by atoms with Crippen LogP contribution in [0.2, 0.25) is 0 Å². The standard InChI is InChI=1S/C46H58N6O8S/c1-45(2,47)32-20-21-51(27-32)41(53)22-30-14-8-5-4-6-11-15-31-26-46(31,44(56)50-61(57,58)35-17-18-35)49-42(54)39-24-34(28-52(39)43(30)55)60-40-25-37(29-12-9-7-10-13-29)48-38-23-33(59-3)16-19-36(38)40/h7,9-13,15-16,19,23,25,30-32,34-35,39H,4-6,8,14,17-18,20-22,24,26-28,47H2,1-3H3,(H,49,54)(H,50,56)/t30-,31?,32+,34-,39+,46-/m1/s1. The molecule has 6 atom stereocenters. The van der Waals surface area contributed by atoms with E-state index >= 15 is 0 Å². The summed E-state index contributed by atoms with van der Waals surface area (Å²) in [5.74, 6) is -1.61. The molecule has 15 heteroatoms. The van der Waals surface area contributed by atoms with Crippen molar-refractivity contribution in [2.45, 2.75) is 113 Å². The number of nitrogens with zero attached hydrogens (tertiary/aromatic N) is 3. The second-order valence-corrected chi connectivity index (χ2v) is 20.3. The van der Waals surface area contributed by atoms with Gasteiger partial charge in [0.15, 0.2) is 0 Å². The minimum absolute atomic E-state index is 0.00246. The summed E-state index contributed by atoms with van der Waals surface area (Å²) in [5, 5.41) is 3.05. The predicted octanol–water partition coefficient (Wildman–Crippen LogP) is 4.85. The Hall–Kier alpha value is -5.02. The third kappa shape index (κ3) is 9.28. The molecule has 1 unspecified atom stereocenters. The molecule has 4 fully saturated rings. The molecular formula is C46H58N6O8S. The molecule has 2 saturated carbocycles. The van der Waals surface area contributed by atoms with Crippen molar-refractivity contribution in [2.75, 3.05) is 26.7 Å². The summed E-state index contributed by atoms with van der Waals surface area (Å²) >= 11 is 0. The number of methoxy groups -OCH3 is 1. The van der Waals surface area contributed by atoms with E-state index < -0.39 is 62.1 Å². The average molecular weight is 855 g/mol. The largest absolute Gasteiger partial charge is 0.497 e. The van der Waals surface area contributed by atoms with Crippen LogP contribution >= 0.6 is 0 Å². The van der Waals surface area contributed by atoms with E-state index in [1.54, 1.807) is 7.11 Å². The molecule has 4 amide bonds. The number of fused-ring (bicyclic) bond motifs is 3. The van der Waals surface area contributed by atoms with Crippen LogP contribution in [0, 0.1) is 17.8 Å². The van der Waals surface area contributed by atoms with Gasteiger partial charge in [0.25, 0.3) is 5.91 Å². The third-order valence-electron chi connectivity index (χ3n) is 13.3. The van der Waals surface area contributed by atoms with Gasteiger partial charge in [-0.25, -0.2) is 13.4 Å². The van der Waals surface area contributed by atoms with Gasteiger partial charge in [0.1, 0.15) is 29.2 Å². The molecule has 2 aromatic carbocycles. The van der Waals surface area contributed by atoms with Crippen molar-refractivity contribution in [3.63, 3.8) is 0 Å². The van der Waals surface area contributed by atoms with Crippen LogP contribution in [0.3, 0.4) is 0 Å². The molecule has 2 aliphatic carbocycles. The molecule has 61 heavy (non-hydrogen) atoms. The maximum absolute atomic E-state index is 15.0. The first-order chi connectivity index (χ1) is 29.1. The van der Waals surface area contributed by atoms with Gasteiger partial charge in [-0.15, -0.1) is 0 Å². The number of nitrogens with one attached hydrogen (secondary N) is 2.